The highest BCUT2D eigenvalue weighted by Crippen LogP contribution is 2.07. The minimum absolute atomic E-state index is 0.745. The molecule has 0 amide bonds. The van der Waals surface area contributed by atoms with Crippen molar-refractivity contribution in [3.05, 3.63) is 22.4 Å². The molecular weight excluding hydrogens is 154 g/mol. The second-order valence-corrected chi connectivity index (χ2v) is 4.14. The van der Waals surface area contributed by atoms with Crippen LogP contribution in [0.2, 0.25) is 0 Å². The molecule has 1 rings (SSSR count). The van der Waals surface area contributed by atoms with Crippen LogP contribution < -0.4 is 5.32 Å². The van der Waals surface area contributed by atoms with E-state index in [2.05, 4.69) is 36.7 Å². The minimum Gasteiger partial charge on any atom is -0.312 e. The number of rotatable bonds is 4. The Kier molecular flexibility index (Phi) is 3.60. The van der Waals surface area contributed by atoms with Crippen LogP contribution in [0.1, 0.15) is 18.7 Å². The number of hydrogen-bond donors (Lipinski definition) is 1. The average Bonchev–Trinajstić information content (AvgIpc) is 2.39. The predicted molar refractivity (Wildman–Crippen MR) is 50.9 cm³/mol. The zero-order chi connectivity index (χ0) is 8.10. The fraction of sp³-hybridized carbons (Fsp3) is 0.556. The van der Waals surface area contributed by atoms with Crippen molar-refractivity contribution in [3.8, 4) is 0 Å². The SMILES string of the molecule is CC(C)CNCc1cccs1. The third kappa shape index (κ3) is 3.54. The Morgan fingerprint density at radius 1 is 1.55 bits per heavy atom. The van der Waals surface area contributed by atoms with Crippen molar-refractivity contribution >= 4 is 11.3 Å². The van der Waals surface area contributed by atoms with Crippen molar-refractivity contribution in [3.63, 3.8) is 0 Å². The Balaban J connectivity index is 2.14. The normalized spacial score (nSPS) is 10.8. The maximum absolute atomic E-state index is 3.40. The highest BCUT2D eigenvalue weighted by atomic mass is 32.1. The lowest BCUT2D eigenvalue weighted by Gasteiger charge is -2.04. The van der Waals surface area contributed by atoms with Gasteiger partial charge in [0.1, 0.15) is 0 Å². The number of thiophene rings is 1. The van der Waals surface area contributed by atoms with E-state index in [-0.39, 0.29) is 0 Å². The van der Waals surface area contributed by atoms with Gasteiger partial charge in [0.2, 0.25) is 0 Å². The molecule has 62 valence electrons. The van der Waals surface area contributed by atoms with Gasteiger partial charge in [0.15, 0.2) is 0 Å². The lowest BCUT2D eigenvalue weighted by Crippen LogP contribution is -2.18. The summed E-state index contributed by atoms with van der Waals surface area (Å²) >= 11 is 1.81. The largest absolute Gasteiger partial charge is 0.312 e. The summed E-state index contributed by atoms with van der Waals surface area (Å²) in [5, 5.41) is 5.52. The first kappa shape index (κ1) is 8.75. The summed E-state index contributed by atoms with van der Waals surface area (Å²) in [6, 6.07) is 4.26. The molecule has 0 fully saturated rings. The Labute approximate surface area is 72.4 Å². The lowest BCUT2D eigenvalue weighted by atomic mass is 10.2. The van der Waals surface area contributed by atoms with Gasteiger partial charge in [0, 0.05) is 11.4 Å². The van der Waals surface area contributed by atoms with Gasteiger partial charge in [-0.05, 0) is 23.9 Å². The third-order valence-corrected chi connectivity index (χ3v) is 2.31. The van der Waals surface area contributed by atoms with Crippen molar-refractivity contribution < 1.29 is 0 Å². The van der Waals surface area contributed by atoms with Crippen LogP contribution in [0.25, 0.3) is 0 Å². The highest BCUT2D eigenvalue weighted by molar-refractivity contribution is 7.09. The molecule has 0 aromatic carbocycles. The zero-order valence-corrected chi connectivity index (χ0v) is 7.95. The first-order chi connectivity index (χ1) is 5.29. The van der Waals surface area contributed by atoms with Crippen LogP contribution in [0, 0.1) is 5.92 Å². The van der Waals surface area contributed by atoms with Gasteiger partial charge >= 0.3 is 0 Å². The number of nitrogens with one attached hydrogen (secondary N) is 1. The van der Waals surface area contributed by atoms with E-state index in [0.29, 0.717) is 0 Å². The molecule has 0 aliphatic rings. The third-order valence-electron chi connectivity index (χ3n) is 1.43. The summed E-state index contributed by atoms with van der Waals surface area (Å²) in [5.41, 5.74) is 0. The molecule has 0 aliphatic heterocycles. The molecule has 0 radical (unpaired) electrons. The van der Waals surface area contributed by atoms with Crippen molar-refractivity contribution in [2.45, 2.75) is 20.4 Å². The summed E-state index contributed by atoms with van der Waals surface area (Å²) < 4.78 is 0. The molecular formula is C9H15NS. The Bertz CT molecular complexity index is 179. The second-order valence-electron chi connectivity index (χ2n) is 3.10. The lowest BCUT2D eigenvalue weighted by molar-refractivity contribution is 0.555. The van der Waals surface area contributed by atoms with Gasteiger partial charge in [-0.15, -0.1) is 11.3 Å². The van der Waals surface area contributed by atoms with Gasteiger partial charge in [-0.2, -0.15) is 0 Å². The molecule has 2 heteroatoms. The molecule has 0 spiro atoms. The summed E-state index contributed by atoms with van der Waals surface area (Å²) in [6.07, 6.45) is 0. The van der Waals surface area contributed by atoms with E-state index in [1.807, 2.05) is 11.3 Å². The molecule has 1 nitrogen and oxygen atoms in total. The average molecular weight is 169 g/mol. The summed E-state index contributed by atoms with van der Waals surface area (Å²) in [7, 11) is 0. The zero-order valence-electron chi connectivity index (χ0n) is 7.13. The van der Waals surface area contributed by atoms with Gasteiger partial charge in [0.25, 0.3) is 0 Å². The first-order valence-corrected chi connectivity index (χ1v) is 4.90. The second kappa shape index (κ2) is 4.52. The Hall–Kier alpha value is -0.340. The molecule has 1 heterocycles. The van der Waals surface area contributed by atoms with Crippen LogP contribution in [-0.2, 0) is 6.54 Å². The Morgan fingerprint density at radius 3 is 2.91 bits per heavy atom. The van der Waals surface area contributed by atoms with Crippen molar-refractivity contribution in [2.24, 2.45) is 5.92 Å². The first-order valence-electron chi connectivity index (χ1n) is 4.02. The fourth-order valence-corrected chi connectivity index (χ4v) is 1.57. The van der Waals surface area contributed by atoms with Crippen LogP contribution in [-0.4, -0.2) is 6.54 Å². The van der Waals surface area contributed by atoms with Crippen LogP contribution in [0.5, 0.6) is 0 Å². The molecule has 1 aromatic heterocycles. The van der Waals surface area contributed by atoms with Gasteiger partial charge < -0.3 is 5.32 Å². The molecule has 11 heavy (non-hydrogen) atoms. The van der Waals surface area contributed by atoms with Crippen molar-refractivity contribution in [1.29, 1.82) is 0 Å². The van der Waals surface area contributed by atoms with Crippen LogP contribution in [0.4, 0.5) is 0 Å². The molecule has 0 saturated heterocycles. The molecule has 1 aromatic rings. The number of hydrogen-bond acceptors (Lipinski definition) is 2. The van der Waals surface area contributed by atoms with Crippen molar-refractivity contribution in [1.82, 2.24) is 5.32 Å². The summed E-state index contributed by atoms with van der Waals surface area (Å²) in [6.45, 7) is 6.58. The van der Waals surface area contributed by atoms with E-state index in [9.17, 15) is 0 Å². The van der Waals surface area contributed by atoms with E-state index < -0.39 is 0 Å². The summed E-state index contributed by atoms with van der Waals surface area (Å²) in [4.78, 5) is 1.42. The topological polar surface area (TPSA) is 12.0 Å². The summed E-state index contributed by atoms with van der Waals surface area (Å²) in [5.74, 6) is 0.745. The predicted octanol–water partition coefficient (Wildman–Crippen LogP) is 2.49. The standard InChI is InChI=1S/C9H15NS/c1-8(2)6-10-7-9-4-3-5-11-9/h3-5,8,10H,6-7H2,1-2H3. The Morgan fingerprint density at radius 2 is 2.36 bits per heavy atom. The van der Waals surface area contributed by atoms with Gasteiger partial charge in [0.05, 0.1) is 0 Å². The molecule has 1 N–H and O–H groups in total. The monoisotopic (exact) mass is 169 g/mol. The molecule has 0 atom stereocenters. The molecule has 0 unspecified atom stereocenters. The maximum atomic E-state index is 3.40. The quantitative estimate of drug-likeness (QED) is 0.730. The van der Waals surface area contributed by atoms with E-state index in [1.165, 1.54) is 4.88 Å². The van der Waals surface area contributed by atoms with Crippen molar-refractivity contribution in [2.75, 3.05) is 6.54 Å². The molecule has 0 aliphatic carbocycles. The smallest absolute Gasteiger partial charge is 0.0299 e. The fourth-order valence-electron chi connectivity index (χ4n) is 0.897. The highest BCUT2D eigenvalue weighted by Gasteiger charge is 1.94. The van der Waals surface area contributed by atoms with E-state index in [1.54, 1.807) is 0 Å². The van der Waals surface area contributed by atoms with Crippen LogP contribution in [0.3, 0.4) is 0 Å². The minimum atomic E-state index is 0.745. The van der Waals surface area contributed by atoms with Gasteiger partial charge in [-0.3, -0.25) is 0 Å². The molecule has 0 saturated carbocycles. The molecule has 0 bridgehead atoms. The maximum Gasteiger partial charge on any atom is 0.0299 e. The van der Waals surface area contributed by atoms with Crippen LogP contribution in [0.15, 0.2) is 17.5 Å². The van der Waals surface area contributed by atoms with E-state index in [0.717, 1.165) is 19.0 Å². The van der Waals surface area contributed by atoms with Gasteiger partial charge in [-0.25, -0.2) is 0 Å². The van der Waals surface area contributed by atoms with Gasteiger partial charge in [-0.1, -0.05) is 19.9 Å². The van der Waals surface area contributed by atoms with Crippen LogP contribution >= 0.6 is 11.3 Å². The van der Waals surface area contributed by atoms with E-state index >= 15 is 0 Å². The van der Waals surface area contributed by atoms with E-state index in [4.69, 9.17) is 0 Å².